The van der Waals surface area contributed by atoms with Crippen LogP contribution < -0.4 is 15.5 Å². The Kier molecular flexibility index (Phi) is 4.09. The maximum atomic E-state index is 12.8. The fourth-order valence-corrected chi connectivity index (χ4v) is 4.32. The Labute approximate surface area is 179 Å². The Bertz CT molecular complexity index is 1300. The summed E-state index contributed by atoms with van der Waals surface area (Å²) < 4.78 is 3.74. The standard InChI is InChI=1S/C22H24N8O/c1-23-18-11-19(27-21-15(12-25-30(18)21)22(31)26-14-6-7-14)29-13-17(28-9-2-3-10-28)20-16(29)5-4-8-24-20/h4-5,8,11-14,23H,2-3,6-7,9-10H2,1H3,(H,26,31). The van der Waals surface area contributed by atoms with Gasteiger partial charge in [-0.05, 0) is 37.8 Å². The predicted octanol–water partition coefficient (Wildman–Crippen LogP) is 2.60. The highest BCUT2D eigenvalue weighted by Crippen LogP contribution is 2.32. The summed E-state index contributed by atoms with van der Waals surface area (Å²) in [5.74, 6) is 1.36. The largest absolute Gasteiger partial charge is 0.373 e. The van der Waals surface area contributed by atoms with Crippen molar-refractivity contribution < 1.29 is 4.79 Å². The molecule has 1 aliphatic carbocycles. The number of fused-ring (bicyclic) bond motifs is 2. The first-order valence-electron chi connectivity index (χ1n) is 10.8. The minimum Gasteiger partial charge on any atom is -0.373 e. The zero-order valence-electron chi connectivity index (χ0n) is 17.4. The van der Waals surface area contributed by atoms with Crippen LogP contribution in [0, 0.1) is 0 Å². The number of pyridine rings is 1. The van der Waals surface area contributed by atoms with Gasteiger partial charge in [-0.1, -0.05) is 0 Å². The normalized spacial score (nSPS) is 16.4. The molecule has 4 aromatic heterocycles. The third-order valence-corrected chi connectivity index (χ3v) is 6.11. The smallest absolute Gasteiger partial charge is 0.256 e. The second kappa shape index (κ2) is 6.97. The molecular formula is C22H24N8O. The van der Waals surface area contributed by atoms with Crippen molar-refractivity contribution in [2.75, 3.05) is 30.4 Å². The summed E-state index contributed by atoms with van der Waals surface area (Å²) in [5, 5.41) is 10.6. The van der Waals surface area contributed by atoms with E-state index in [-0.39, 0.29) is 11.9 Å². The van der Waals surface area contributed by atoms with E-state index in [1.165, 1.54) is 12.8 Å². The van der Waals surface area contributed by atoms with Crippen LogP contribution in [0.3, 0.4) is 0 Å². The van der Waals surface area contributed by atoms with Crippen LogP contribution in [0.1, 0.15) is 36.0 Å². The van der Waals surface area contributed by atoms with Gasteiger partial charge in [0.25, 0.3) is 5.91 Å². The zero-order valence-corrected chi connectivity index (χ0v) is 17.4. The number of nitrogens with one attached hydrogen (secondary N) is 2. The Hall–Kier alpha value is -3.62. The zero-order chi connectivity index (χ0) is 20.9. The molecule has 1 saturated carbocycles. The molecule has 158 valence electrons. The molecule has 9 nitrogen and oxygen atoms in total. The number of carbonyl (C=O) groups excluding carboxylic acids is 1. The van der Waals surface area contributed by atoms with E-state index in [0.29, 0.717) is 11.2 Å². The number of anilines is 2. The number of aromatic nitrogens is 5. The number of amides is 1. The Morgan fingerprint density at radius 3 is 2.84 bits per heavy atom. The molecule has 4 aromatic rings. The van der Waals surface area contributed by atoms with Crippen molar-refractivity contribution in [3.63, 3.8) is 0 Å². The molecule has 0 radical (unpaired) electrons. The predicted molar refractivity (Wildman–Crippen MR) is 119 cm³/mol. The molecule has 2 aliphatic rings. The van der Waals surface area contributed by atoms with Crippen molar-refractivity contribution in [3.8, 4) is 5.82 Å². The first-order chi connectivity index (χ1) is 15.2. The van der Waals surface area contributed by atoms with Crippen LogP contribution in [0.15, 0.2) is 36.8 Å². The molecular weight excluding hydrogens is 392 g/mol. The Balaban J connectivity index is 1.52. The van der Waals surface area contributed by atoms with Crippen LogP contribution in [0.5, 0.6) is 0 Å². The van der Waals surface area contributed by atoms with E-state index in [9.17, 15) is 4.79 Å². The maximum absolute atomic E-state index is 12.8. The van der Waals surface area contributed by atoms with E-state index in [1.807, 2.05) is 25.4 Å². The SMILES string of the molecule is CNc1cc(-n2cc(N3CCCC3)c3ncccc32)nc2c(C(=O)NC3CC3)cnn12. The lowest BCUT2D eigenvalue weighted by molar-refractivity contribution is 0.0952. The van der Waals surface area contributed by atoms with E-state index < -0.39 is 0 Å². The molecule has 1 amide bonds. The van der Waals surface area contributed by atoms with Gasteiger partial charge in [0, 0.05) is 44.6 Å². The van der Waals surface area contributed by atoms with Gasteiger partial charge in [0.1, 0.15) is 22.7 Å². The van der Waals surface area contributed by atoms with E-state index in [0.717, 1.165) is 54.3 Å². The molecule has 0 bridgehead atoms. The van der Waals surface area contributed by atoms with Crippen LogP contribution >= 0.6 is 0 Å². The van der Waals surface area contributed by atoms with E-state index >= 15 is 0 Å². The number of rotatable bonds is 5. The van der Waals surface area contributed by atoms with Crippen molar-refractivity contribution in [1.29, 1.82) is 0 Å². The topological polar surface area (TPSA) is 92.4 Å². The highest BCUT2D eigenvalue weighted by atomic mass is 16.1. The Morgan fingerprint density at radius 1 is 1.23 bits per heavy atom. The van der Waals surface area contributed by atoms with Crippen LogP contribution in [0.2, 0.25) is 0 Å². The van der Waals surface area contributed by atoms with Crippen molar-refractivity contribution in [3.05, 3.63) is 42.4 Å². The molecule has 0 spiro atoms. The first-order valence-corrected chi connectivity index (χ1v) is 10.8. The molecule has 1 saturated heterocycles. The quantitative estimate of drug-likeness (QED) is 0.520. The molecule has 0 unspecified atom stereocenters. The molecule has 2 N–H and O–H groups in total. The lowest BCUT2D eigenvalue weighted by Crippen LogP contribution is -2.25. The van der Waals surface area contributed by atoms with Gasteiger partial charge in [-0.25, -0.2) is 4.98 Å². The van der Waals surface area contributed by atoms with Gasteiger partial charge in [-0.2, -0.15) is 9.61 Å². The second-order valence-corrected chi connectivity index (χ2v) is 8.24. The van der Waals surface area contributed by atoms with E-state index in [4.69, 9.17) is 4.98 Å². The second-order valence-electron chi connectivity index (χ2n) is 8.24. The van der Waals surface area contributed by atoms with Crippen LogP contribution in [0.4, 0.5) is 11.5 Å². The van der Waals surface area contributed by atoms with Crippen molar-refractivity contribution in [1.82, 2.24) is 29.5 Å². The number of nitrogens with zero attached hydrogens (tertiary/aromatic N) is 6. The summed E-state index contributed by atoms with van der Waals surface area (Å²) in [6.07, 6.45) is 10.0. The third kappa shape index (κ3) is 2.99. The molecule has 2 fully saturated rings. The lowest BCUT2D eigenvalue weighted by atomic mass is 10.3. The first kappa shape index (κ1) is 18.2. The monoisotopic (exact) mass is 416 g/mol. The Morgan fingerprint density at radius 2 is 2.06 bits per heavy atom. The van der Waals surface area contributed by atoms with Gasteiger partial charge >= 0.3 is 0 Å². The van der Waals surface area contributed by atoms with Gasteiger partial charge in [0.15, 0.2) is 5.65 Å². The summed E-state index contributed by atoms with van der Waals surface area (Å²) in [4.78, 5) is 24.7. The summed E-state index contributed by atoms with van der Waals surface area (Å²) in [6, 6.07) is 6.22. The van der Waals surface area contributed by atoms with Crippen LogP contribution in [-0.4, -0.2) is 56.2 Å². The molecule has 5 heterocycles. The fraction of sp³-hybridized carbons (Fsp3) is 0.364. The van der Waals surface area contributed by atoms with Crippen LogP contribution in [-0.2, 0) is 0 Å². The minimum absolute atomic E-state index is 0.124. The van der Waals surface area contributed by atoms with E-state index in [1.54, 1.807) is 10.7 Å². The van der Waals surface area contributed by atoms with Gasteiger partial charge in [-0.3, -0.25) is 14.3 Å². The van der Waals surface area contributed by atoms with Crippen molar-refractivity contribution in [2.24, 2.45) is 0 Å². The summed E-state index contributed by atoms with van der Waals surface area (Å²) in [6.45, 7) is 2.08. The minimum atomic E-state index is -0.124. The van der Waals surface area contributed by atoms with Gasteiger partial charge in [0.2, 0.25) is 0 Å². The molecule has 0 aromatic carbocycles. The molecule has 31 heavy (non-hydrogen) atoms. The molecule has 6 rings (SSSR count). The van der Waals surface area contributed by atoms with Gasteiger partial charge in [-0.15, -0.1) is 0 Å². The maximum Gasteiger partial charge on any atom is 0.256 e. The fourth-order valence-electron chi connectivity index (χ4n) is 4.32. The number of hydrogen-bond donors (Lipinski definition) is 2. The number of carbonyl (C=O) groups is 1. The third-order valence-electron chi connectivity index (χ3n) is 6.11. The highest BCUT2D eigenvalue weighted by Gasteiger charge is 2.26. The van der Waals surface area contributed by atoms with Crippen LogP contribution in [0.25, 0.3) is 22.5 Å². The van der Waals surface area contributed by atoms with Gasteiger partial charge in [0.05, 0.1) is 17.4 Å². The average molecular weight is 416 g/mol. The number of hydrogen-bond acceptors (Lipinski definition) is 6. The van der Waals surface area contributed by atoms with Crippen molar-refractivity contribution >= 4 is 34.1 Å². The summed E-state index contributed by atoms with van der Waals surface area (Å²) in [5.41, 5.74) is 4.11. The summed E-state index contributed by atoms with van der Waals surface area (Å²) >= 11 is 0. The average Bonchev–Trinajstić information content (AvgIpc) is 3.21. The summed E-state index contributed by atoms with van der Waals surface area (Å²) in [7, 11) is 1.84. The molecule has 1 aliphatic heterocycles. The highest BCUT2D eigenvalue weighted by molar-refractivity contribution is 6.00. The molecule has 0 atom stereocenters. The lowest BCUT2D eigenvalue weighted by Gasteiger charge is -2.15. The van der Waals surface area contributed by atoms with Gasteiger partial charge < -0.3 is 15.5 Å². The molecule has 9 heteroatoms. The van der Waals surface area contributed by atoms with E-state index in [2.05, 4.69) is 42.4 Å². The van der Waals surface area contributed by atoms with Crippen molar-refractivity contribution in [2.45, 2.75) is 31.7 Å².